The van der Waals surface area contributed by atoms with E-state index in [0.29, 0.717) is 0 Å². The molecule has 4 rings (SSSR count). The fourth-order valence-corrected chi connectivity index (χ4v) is 3.27. The second kappa shape index (κ2) is 7.08. The van der Waals surface area contributed by atoms with Crippen LogP contribution in [0.25, 0.3) is 22.3 Å². The van der Waals surface area contributed by atoms with Gasteiger partial charge in [0.2, 0.25) is 0 Å². The van der Waals surface area contributed by atoms with Gasteiger partial charge in [0.1, 0.15) is 5.82 Å². The number of aromatic nitrogens is 2. The van der Waals surface area contributed by atoms with Crippen LogP contribution in [0.5, 0.6) is 0 Å². The number of fused-ring (bicyclic) bond motifs is 1. The van der Waals surface area contributed by atoms with Gasteiger partial charge >= 0.3 is 0 Å². The Morgan fingerprint density at radius 1 is 1.00 bits per heavy atom. The zero-order chi connectivity index (χ0) is 18.8. The summed E-state index contributed by atoms with van der Waals surface area (Å²) in [6, 6.07) is 22.7. The molecular weight excluding hydrogens is 337 g/mol. The highest BCUT2D eigenvalue weighted by molar-refractivity contribution is 5.91. The van der Waals surface area contributed by atoms with E-state index >= 15 is 0 Å². The lowest BCUT2D eigenvalue weighted by Gasteiger charge is -2.18. The van der Waals surface area contributed by atoms with E-state index in [1.54, 1.807) is 12.1 Å². The van der Waals surface area contributed by atoms with Gasteiger partial charge in [0.15, 0.2) is 0 Å². The maximum absolute atomic E-state index is 13.2. The lowest BCUT2D eigenvalue weighted by Crippen LogP contribution is -2.16. The van der Waals surface area contributed by atoms with Gasteiger partial charge in [-0.25, -0.2) is 9.07 Å². The van der Waals surface area contributed by atoms with Gasteiger partial charge in [0, 0.05) is 22.7 Å². The molecule has 4 heteroatoms. The molecule has 3 nitrogen and oxygen atoms in total. The minimum absolute atomic E-state index is 0.140. The maximum atomic E-state index is 13.2. The number of rotatable bonds is 5. The highest BCUT2D eigenvalue weighted by Crippen LogP contribution is 2.26. The van der Waals surface area contributed by atoms with Crippen LogP contribution in [0.1, 0.15) is 24.1 Å². The Kier molecular flexibility index (Phi) is 4.47. The van der Waals surface area contributed by atoms with Crippen molar-refractivity contribution < 1.29 is 4.39 Å². The van der Waals surface area contributed by atoms with Gasteiger partial charge in [-0.2, -0.15) is 5.10 Å². The Hall–Kier alpha value is -3.40. The molecular formula is C23H20FN3. The first kappa shape index (κ1) is 17.0. The van der Waals surface area contributed by atoms with E-state index in [2.05, 4.69) is 36.1 Å². The van der Waals surface area contributed by atoms with Crippen LogP contribution in [0.3, 0.4) is 0 Å². The number of hydrogen-bond acceptors (Lipinski definition) is 2. The van der Waals surface area contributed by atoms with Crippen LogP contribution in [0.15, 0.2) is 85.6 Å². The SMILES string of the molecule is C=C(NC(C)c1ccccc1)c1cccc2c1cnn2-c1ccc(F)cc1. The van der Waals surface area contributed by atoms with Crippen LogP contribution in [0.4, 0.5) is 4.39 Å². The fraction of sp³-hybridized carbons (Fsp3) is 0.0870. The Morgan fingerprint density at radius 2 is 1.74 bits per heavy atom. The lowest BCUT2D eigenvalue weighted by atomic mass is 10.0. The van der Waals surface area contributed by atoms with Crippen LogP contribution in [0, 0.1) is 5.82 Å². The predicted molar refractivity (Wildman–Crippen MR) is 108 cm³/mol. The van der Waals surface area contributed by atoms with Gasteiger partial charge in [-0.1, -0.05) is 49.0 Å². The van der Waals surface area contributed by atoms with Crippen molar-refractivity contribution in [3.05, 3.63) is 103 Å². The topological polar surface area (TPSA) is 29.9 Å². The zero-order valence-corrected chi connectivity index (χ0v) is 15.1. The number of hydrogen-bond donors (Lipinski definition) is 1. The summed E-state index contributed by atoms with van der Waals surface area (Å²) in [5.74, 6) is -0.261. The van der Waals surface area contributed by atoms with Gasteiger partial charge in [-0.3, -0.25) is 0 Å². The third kappa shape index (κ3) is 3.34. The molecule has 1 unspecified atom stereocenters. The summed E-state index contributed by atoms with van der Waals surface area (Å²) in [5.41, 5.74) is 4.82. The van der Waals surface area contributed by atoms with E-state index < -0.39 is 0 Å². The molecule has 1 heterocycles. The van der Waals surface area contributed by atoms with Crippen LogP contribution >= 0.6 is 0 Å². The van der Waals surface area contributed by atoms with Gasteiger partial charge in [-0.15, -0.1) is 0 Å². The molecule has 27 heavy (non-hydrogen) atoms. The molecule has 0 radical (unpaired) electrons. The molecule has 0 saturated carbocycles. The summed E-state index contributed by atoms with van der Waals surface area (Å²) >= 11 is 0. The average Bonchev–Trinajstić information content (AvgIpc) is 3.13. The van der Waals surface area contributed by atoms with Crippen LogP contribution in [-0.2, 0) is 0 Å². The Bertz CT molecular complexity index is 1080. The first-order chi connectivity index (χ1) is 13.1. The van der Waals surface area contributed by atoms with Gasteiger partial charge < -0.3 is 5.32 Å². The molecule has 0 aliphatic rings. The fourth-order valence-electron chi connectivity index (χ4n) is 3.27. The lowest BCUT2D eigenvalue weighted by molar-refractivity contribution is 0.627. The van der Waals surface area contributed by atoms with Crippen molar-refractivity contribution in [3.8, 4) is 5.69 Å². The molecule has 1 atom stereocenters. The van der Waals surface area contributed by atoms with Gasteiger partial charge in [0.05, 0.1) is 17.4 Å². The Balaban J connectivity index is 1.66. The first-order valence-electron chi connectivity index (χ1n) is 8.87. The smallest absolute Gasteiger partial charge is 0.123 e. The molecule has 0 bridgehead atoms. The Morgan fingerprint density at radius 3 is 2.48 bits per heavy atom. The van der Waals surface area contributed by atoms with E-state index in [1.807, 2.05) is 47.3 Å². The average molecular weight is 357 g/mol. The third-order valence-corrected chi connectivity index (χ3v) is 4.70. The van der Waals surface area contributed by atoms with Gasteiger partial charge in [0.25, 0.3) is 0 Å². The first-order valence-corrected chi connectivity index (χ1v) is 8.87. The van der Waals surface area contributed by atoms with E-state index in [4.69, 9.17) is 0 Å². The second-order valence-corrected chi connectivity index (χ2v) is 6.53. The molecule has 0 saturated heterocycles. The summed E-state index contributed by atoms with van der Waals surface area (Å²) in [6.45, 7) is 6.35. The monoisotopic (exact) mass is 357 g/mol. The summed E-state index contributed by atoms with van der Waals surface area (Å²) in [7, 11) is 0. The second-order valence-electron chi connectivity index (χ2n) is 6.53. The number of halogens is 1. The van der Waals surface area contributed by atoms with Crippen LogP contribution < -0.4 is 5.32 Å². The number of nitrogens with one attached hydrogen (secondary N) is 1. The minimum atomic E-state index is -0.261. The molecule has 0 aliphatic heterocycles. The highest BCUT2D eigenvalue weighted by Gasteiger charge is 2.13. The number of benzene rings is 3. The summed E-state index contributed by atoms with van der Waals surface area (Å²) in [5, 5.41) is 8.98. The molecule has 0 aliphatic carbocycles. The predicted octanol–water partition coefficient (Wildman–Crippen LogP) is 5.49. The van der Waals surface area contributed by atoms with Crippen molar-refractivity contribution in [2.24, 2.45) is 0 Å². The molecule has 4 aromatic rings. The van der Waals surface area contributed by atoms with Crippen molar-refractivity contribution in [2.45, 2.75) is 13.0 Å². The van der Waals surface area contributed by atoms with Crippen molar-refractivity contribution in [3.63, 3.8) is 0 Å². The molecule has 0 fully saturated rings. The van der Waals surface area contributed by atoms with Crippen LogP contribution in [-0.4, -0.2) is 9.78 Å². The van der Waals surface area contributed by atoms with Crippen molar-refractivity contribution in [2.75, 3.05) is 0 Å². The molecule has 1 aromatic heterocycles. The summed E-state index contributed by atoms with van der Waals surface area (Å²) in [4.78, 5) is 0. The van der Waals surface area contributed by atoms with E-state index in [9.17, 15) is 4.39 Å². The van der Waals surface area contributed by atoms with Gasteiger partial charge in [-0.05, 0) is 42.8 Å². The van der Waals surface area contributed by atoms with E-state index in [1.165, 1.54) is 17.7 Å². The molecule has 0 amide bonds. The quantitative estimate of drug-likeness (QED) is 0.512. The third-order valence-electron chi connectivity index (χ3n) is 4.70. The maximum Gasteiger partial charge on any atom is 0.123 e. The van der Waals surface area contributed by atoms with Crippen molar-refractivity contribution >= 4 is 16.6 Å². The molecule has 1 N–H and O–H groups in total. The van der Waals surface area contributed by atoms with E-state index in [0.717, 1.165) is 27.9 Å². The molecule has 0 spiro atoms. The zero-order valence-electron chi connectivity index (χ0n) is 15.1. The Labute approximate surface area is 157 Å². The van der Waals surface area contributed by atoms with Crippen LogP contribution in [0.2, 0.25) is 0 Å². The molecule has 134 valence electrons. The number of nitrogens with zero attached hydrogens (tertiary/aromatic N) is 2. The summed E-state index contributed by atoms with van der Waals surface area (Å²) in [6.07, 6.45) is 1.83. The highest BCUT2D eigenvalue weighted by atomic mass is 19.1. The molecule has 3 aromatic carbocycles. The van der Waals surface area contributed by atoms with Crippen molar-refractivity contribution in [1.82, 2.24) is 15.1 Å². The van der Waals surface area contributed by atoms with E-state index in [-0.39, 0.29) is 11.9 Å². The minimum Gasteiger partial charge on any atom is -0.378 e. The standard InChI is InChI=1S/C23H20FN3/c1-16(18-7-4-3-5-8-18)26-17(2)21-9-6-10-23-22(21)15-25-27(23)20-13-11-19(24)12-14-20/h3-16,26H,2H2,1H3. The largest absolute Gasteiger partial charge is 0.378 e. The normalized spacial score (nSPS) is 12.1. The van der Waals surface area contributed by atoms with Crippen molar-refractivity contribution in [1.29, 1.82) is 0 Å². The summed E-state index contributed by atoms with van der Waals surface area (Å²) < 4.78 is 15.0.